The molecule has 3 heterocycles. The molecule has 0 aliphatic carbocycles. The number of carbonyl (C=O) groups is 3. The van der Waals surface area contributed by atoms with Gasteiger partial charge in [-0.1, -0.05) is 0 Å². The summed E-state index contributed by atoms with van der Waals surface area (Å²) < 4.78 is 6.83. The van der Waals surface area contributed by atoms with E-state index in [0.717, 1.165) is 17.7 Å². The van der Waals surface area contributed by atoms with Crippen LogP contribution in [0.25, 0.3) is 5.69 Å². The fraction of sp³-hybridized carbons (Fsp3) is 0.280. The molecule has 2 aromatic carbocycles. The Hall–Kier alpha value is -4.14. The highest BCUT2D eigenvalue weighted by molar-refractivity contribution is 6.09. The van der Waals surface area contributed by atoms with Gasteiger partial charge in [-0.15, -0.1) is 0 Å². The number of rotatable bonds is 5. The number of ether oxygens (including phenoxy) is 1. The van der Waals surface area contributed by atoms with Crippen molar-refractivity contribution in [1.29, 1.82) is 0 Å². The summed E-state index contributed by atoms with van der Waals surface area (Å²) in [6, 6.07) is 12.9. The number of hydrogen-bond acceptors (Lipinski definition) is 5. The number of hydrogen-bond donors (Lipinski definition) is 1. The minimum Gasteiger partial charge on any atom is -0.496 e. The summed E-state index contributed by atoms with van der Waals surface area (Å²) in [5.74, 6) is -0.102. The highest BCUT2D eigenvalue weighted by Crippen LogP contribution is 2.31. The van der Waals surface area contributed by atoms with E-state index in [-0.39, 0.29) is 17.5 Å². The molecule has 3 amide bonds. The van der Waals surface area contributed by atoms with Crippen molar-refractivity contribution in [3.8, 4) is 11.4 Å². The van der Waals surface area contributed by atoms with Crippen LogP contribution in [0, 0.1) is 6.92 Å². The number of nitrogens with zero attached hydrogens (tertiary/aromatic N) is 4. The Morgan fingerprint density at radius 3 is 2.24 bits per heavy atom. The van der Waals surface area contributed by atoms with Crippen molar-refractivity contribution in [2.24, 2.45) is 5.73 Å². The van der Waals surface area contributed by atoms with Gasteiger partial charge >= 0.3 is 0 Å². The molecule has 174 valence electrons. The van der Waals surface area contributed by atoms with Crippen molar-refractivity contribution in [3.05, 3.63) is 65.0 Å². The van der Waals surface area contributed by atoms with Gasteiger partial charge in [-0.25, -0.2) is 4.68 Å². The van der Waals surface area contributed by atoms with Crippen LogP contribution in [0.5, 0.6) is 5.75 Å². The van der Waals surface area contributed by atoms with Crippen molar-refractivity contribution >= 4 is 29.1 Å². The summed E-state index contributed by atoms with van der Waals surface area (Å²) in [7, 11) is 1.59. The largest absolute Gasteiger partial charge is 0.496 e. The second-order valence-electron chi connectivity index (χ2n) is 8.48. The van der Waals surface area contributed by atoms with E-state index in [1.54, 1.807) is 29.0 Å². The third kappa shape index (κ3) is 3.49. The van der Waals surface area contributed by atoms with Gasteiger partial charge in [-0.3, -0.25) is 14.4 Å². The van der Waals surface area contributed by atoms with Crippen LogP contribution >= 0.6 is 0 Å². The quantitative estimate of drug-likeness (QED) is 0.631. The highest BCUT2D eigenvalue weighted by Gasteiger charge is 2.34. The first kappa shape index (κ1) is 21.7. The van der Waals surface area contributed by atoms with E-state index in [0.29, 0.717) is 54.3 Å². The molecule has 34 heavy (non-hydrogen) atoms. The van der Waals surface area contributed by atoms with Gasteiger partial charge in [0.25, 0.3) is 11.8 Å². The lowest BCUT2D eigenvalue weighted by atomic mass is 10.0. The van der Waals surface area contributed by atoms with E-state index in [9.17, 15) is 14.4 Å². The Morgan fingerprint density at radius 1 is 0.971 bits per heavy atom. The summed E-state index contributed by atoms with van der Waals surface area (Å²) in [6.07, 6.45) is 1.86. The molecule has 2 aliphatic rings. The summed E-state index contributed by atoms with van der Waals surface area (Å²) in [5, 5.41) is 4.42. The standard InChI is InChI=1S/C25H25N5O4/c1-15-14-18(9-10-20(15)34-2)30-23-19(22(27-30)24(26)32)11-13-29(25(23)33)17-7-5-16(6-8-17)28-12-3-4-21(28)31/h5-10,14H,3-4,11-13H2,1-2H3,(H2,26,32). The molecule has 5 rings (SSSR count). The molecular formula is C25H25N5O4. The Bertz CT molecular complexity index is 1310. The van der Waals surface area contributed by atoms with Gasteiger partial charge < -0.3 is 20.3 Å². The van der Waals surface area contributed by atoms with Crippen LogP contribution in [0.15, 0.2) is 42.5 Å². The maximum absolute atomic E-state index is 13.7. The summed E-state index contributed by atoms with van der Waals surface area (Å²) >= 11 is 0. The Labute approximate surface area is 196 Å². The average molecular weight is 460 g/mol. The first-order chi connectivity index (χ1) is 16.4. The molecule has 9 nitrogen and oxygen atoms in total. The van der Waals surface area contributed by atoms with Crippen LogP contribution in [0.2, 0.25) is 0 Å². The monoisotopic (exact) mass is 459 g/mol. The smallest absolute Gasteiger partial charge is 0.277 e. The van der Waals surface area contributed by atoms with Crippen LogP contribution in [0.3, 0.4) is 0 Å². The van der Waals surface area contributed by atoms with E-state index in [1.807, 2.05) is 37.3 Å². The second-order valence-corrected chi connectivity index (χ2v) is 8.48. The molecule has 2 N–H and O–H groups in total. The molecule has 0 bridgehead atoms. The van der Waals surface area contributed by atoms with Crippen molar-refractivity contribution in [3.63, 3.8) is 0 Å². The van der Waals surface area contributed by atoms with Crippen LogP contribution in [0.4, 0.5) is 11.4 Å². The molecule has 3 aromatic rings. The van der Waals surface area contributed by atoms with Gasteiger partial charge in [0.05, 0.1) is 12.8 Å². The Kier molecular flexibility index (Phi) is 5.31. The topological polar surface area (TPSA) is 111 Å². The van der Waals surface area contributed by atoms with Gasteiger partial charge in [0.2, 0.25) is 5.91 Å². The van der Waals surface area contributed by atoms with Gasteiger partial charge in [-0.2, -0.15) is 5.10 Å². The average Bonchev–Trinajstić information content (AvgIpc) is 3.44. The van der Waals surface area contributed by atoms with E-state index < -0.39 is 5.91 Å². The van der Waals surface area contributed by atoms with Crippen LogP contribution in [-0.2, 0) is 11.2 Å². The summed E-state index contributed by atoms with van der Waals surface area (Å²) in [6.45, 7) is 3.00. The van der Waals surface area contributed by atoms with Crippen molar-refractivity contribution in [2.45, 2.75) is 26.2 Å². The molecule has 9 heteroatoms. The van der Waals surface area contributed by atoms with Crippen LogP contribution in [-0.4, -0.2) is 47.7 Å². The number of aryl methyl sites for hydroxylation is 1. The number of amides is 3. The zero-order chi connectivity index (χ0) is 24.0. The first-order valence-corrected chi connectivity index (χ1v) is 11.2. The second kappa shape index (κ2) is 8.33. The Balaban J connectivity index is 1.53. The highest BCUT2D eigenvalue weighted by atomic mass is 16.5. The molecular weight excluding hydrogens is 434 g/mol. The maximum atomic E-state index is 13.7. The predicted octanol–water partition coefficient (Wildman–Crippen LogP) is 2.62. The van der Waals surface area contributed by atoms with Crippen LogP contribution < -0.4 is 20.3 Å². The minimum absolute atomic E-state index is 0.111. The molecule has 1 fully saturated rings. The zero-order valence-corrected chi connectivity index (χ0v) is 19.1. The van der Waals surface area contributed by atoms with Gasteiger partial charge in [-0.05, 0) is 67.8 Å². The van der Waals surface area contributed by atoms with E-state index in [4.69, 9.17) is 10.5 Å². The summed E-state index contributed by atoms with van der Waals surface area (Å²) in [5.41, 5.74) is 9.63. The normalized spacial score (nSPS) is 15.6. The van der Waals surface area contributed by atoms with Gasteiger partial charge in [0.1, 0.15) is 11.4 Å². The fourth-order valence-electron chi connectivity index (χ4n) is 4.72. The van der Waals surface area contributed by atoms with Gasteiger partial charge in [0.15, 0.2) is 5.69 Å². The number of benzene rings is 2. The number of carbonyl (C=O) groups excluding carboxylic acids is 3. The van der Waals surface area contributed by atoms with E-state index in [2.05, 4.69) is 5.10 Å². The fourth-order valence-corrected chi connectivity index (χ4v) is 4.72. The van der Waals surface area contributed by atoms with Crippen molar-refractivity contribution in [1.82, 2.24) is 9.78 Å². The molecule has 1 aromatic heterocycles. The molecule has 0 spiro atoms. The number of fused-ring (bicyclic) bond motifs is 1. The number of nitrogens with two attached hydrogens (primary N) is 1. The van der Waals surface area contributed by atoms with E-state index >= 15 is 0 Å². The van der Waals surface area contributed by atoms with Crippen molar-refractivity contribution < 1.29 is 19.1 Å². The first-order valence-electron chi connectivity index (χ1n) is 11.2. The molecule has 0 saturated carbocycles. The predicted molar refractivity (Wildman–Crippen MR) is 127 cm³/mol. The lowest BCUT2D eigenvalue weighted by Crippen LogP contribution is -2.39. The summed E-state index contributed by atoms with van der Waals surface area (Å²) in [4.78, 5) is 41.3. The minimum atomic E-state index is -0.666. The Morgan fingerprint density at radius 2 is 1.65 bits per heavy atom. The third-order valence-electron chi connectivity index (χ3n) is 6.42. The number of primary amides is 1. The molecule has 0 atom stereocenters. The number of aromatic nitrogens is 2. The molecule has 0 radical (unpaired) electrons. The number of methoxy groups -OCH3 is 1. The SMILES string of the molecule is COc1ccc(-n2nc(C(N)=O)c3c2C(=O)N(c2ccc(N4CCCC4=O)cc2)CC3)cc1C. The zero-order valence-electron chi connectivity index (χ0n) is 19.1. The number of anilines is 2. The lowest BCUT2D eigenvalue weighted by Gasteiger charge is -2.28. The molecule has 1 saturated heterocycles. The lowest BCUT2D eigenvalue weighted by molar-refractivity contribution is -0.117. The van der Waals surface area contributed by atoms with Gasteiger partial charge in [0, 0.05) is 36.4 Å². The third-order valence-corrected chi connectivity index (χ3v) is 6.42. The van der Waals surface area contributed by atoms with Crippen molar-refractivity contribution in [2.75, 3.05) is 30.0 Å². The maximum Gasteiger partial charge on any atom is 0.277 e. The molecule has 0 unspecified atom stereocenters. The van der Waals surface area contributed by atoms with Crippen LogP contribution in [0.1, 0.15) is 44.9 Å². The van der Waals surface area contributed by atoms with E-state index in [1.165, 1.54) is 4.68 Å². The molecule has 2 aliphatic heterocycles.